The highest BCUT2D eigenvalue weighted by Gasteiger charge is 2.63. The van der Waals surface area contributed by atoms with Crippen LogP contribution in [0, 0.1) is 23.2 Å². The van der Waals surface area contributed by atoms with Crippen LogP contribution in [0.4, 0.5) is 5.82 Å². The lowest BCUT2D eigenvalue weighted by Gasteiger charge is -2.29. The van der Waals surface area contributed by atoms with Gasteiger partial charge >= 0.3 is 25.7 Å². The molecule has 2 fully saturated rings. The van der Waals surface area contributed by atoms with Crippen molar-refractivity contribution in [1.82, 2.24) is 19.7 Å². The van der Waals surface area contributed by atoms with Crippen LogP contribution in [0.1, 0.15) is 59.6 Å². The summed E-state index contributed by atoms with van der Waals surface area (Å²) >= 11 is 0. The third kappa shape index (κ3) is 7.76. The molecule has 1 saturated carbocycles. The molecular weight excluding hydrogens is 719 g/mol. The standard InChI is InChI=1S/C37H43N6O10P/c1-21(2)34(44)50-31-29(52-37(19-38,32(31)51-35(45)22(3)4)30-17-16-27-33(39)40-20-41-43(27)30)18-48-54(47,42-23(5)36(46)49-25-12-9-13-25)53-28-15-8-11-24-10-6-7-14-26(24)28/h6-8,10-11,14-17,20-23,25,29,31-32H,9,12-13,18H2,1-5H3,(H,42,47)(H2,39,40,41)/t23-,29+,31+,32+,37-,54?/m0/s1. The predicted octanol–water partition coefficient (Wildman–Crippen LogP) is 5.00. The van der Waals surface area contributed by atoms with Crippen LogP contribution in [0.25, 0.3) is 16.3 Å². The van der Waals surface area contributed by atoms with Crippen molar-refractivity contribution in [2.24, 2.45) is 11.8 Å². The largest absolute Gasteiger partial charge is 0.461 e. The molecular formula is C37H43N6O10P. The molecule has 3 N–H and O–H groups in total. The maximum atomic E-state index is 14.8. The summed E-state index contributed by atoms with van der Waals surface area (Å²) < 4.78 is 52.2. The SMILES string of the molecule is CC(C)C(=O)O[C@H]1[C@@H](OC(=O)C(C)C)[C@](C#N)(c2ccc3c(N)ncnn23)O[C@@H]1COP(=O)(N[C@@H](C)C(=O)OC1CCC1)Oc1cccc2ccccc12. The van der Waals surface area contributed by atoms with Crippen molar-refractivity contribution in [3.8, 4) is 11.8 Å². The Kier molecular flexibility index (Phi) is 11.3. The van der Waals surface area contributed by atoms with Gasteiger partial charge in [0.15, 0.2) is 18.0 Å². The minimum atomic E-state index is -4.54. The van der Waals surface area contributed by atoms with Crippen molar-refractivity contribution >= 4 is 47.8 Å². The minimum Gasteiger partial charge on any atom is -0.461 e. The van der Waals surface area contributed by atoms with Gasteiger partial charge in [0.25, 0.3) is 0 Å². The average molecular weight is 763 g/mol. The molecule has 1 saturated heterocycles. The average Bonchev–Trinajstić information content (AvgIpc) is 3.69. The van der Waals surface area contributed by atoms with Gasteiger partial charge in [-0.1, -0.05) is 64.1 Å². The maximum absolute atomic E-state index is 14.8. The number of benzene rings is 2. The van der Waals surface area contributed by atoms with E-state index in [2.05, 4.69) is 21.2 Å². The first-order chi connectivity index (χ1) is 25.7. The molecule has 6 atom stereocenters. The summed E-state index contributed by atoms with van der Waals surface area (Å²) in [6.07, 6.45) is -1.11. The molecule has 2 aromatic carbocycles. The van der Waals surface area contributed by atoms with E-state index in [1.165, 1.54) is 23.8 Å². The number of fused-ring (bicyclic) bond motifs is 2. The quantitative estimate of drug-likeness (QED) is 0.0982. The van der Waals surface area contributed by atoms with E-state index < -0.39 is 74.1 Å². The molecule has 3 heterocycles. The smallest absolute Gasteiger partial charge is 0.459 e. The van der Waals surface area contributed by atoms with E-state index in [1.54, 1.807) is 58.0 Å². The molecule has 1 unspecified atom stereocenters. The number of anilines is 1. The van der Waals surface area contributed by atoms with Crippen molar-refractivity contribution in [3.05, 3.63) is 66.6 Å². The van der Waals surface area contributed by atoms with Gasteiger partial charge in [-0.25, -0.2) is 14.1 Å². The van der Waals surface area contributed by atoms with E-state index in [-0.39, 0.29) is 23.4 Å². The van der Waals surface area contributed by atoms with Crippen LogP contribution in [0.15, 0.2) is 60.9 Å². The second kappa shape index (κ2) is 15.7. The molecule has 1 aliphatic carbocycles. The second-order valence-electron chi connectivity index (χ2n) is 13.9. The fourth-order valence-electron chi connectivity index (χ4n) is 6.05. The van der Waals surface area contributed by atoms with Crippen molar-refractivity contribution in [1.29, 1.82) is 5.26 Å². The number of nitrogens with two attached hydrogens (primary N) is 1. The molecule has 4 aromatic rings. The van der Waals surface area contributed by atoms with Crippen molar-refractivity contribution in [2.45, 2.75) is 89.9 Å². The first-order valence-corrected chi connectivity index (χ1v) is 19.3. The highest BCUT2D eigenvalue weighted by Crippen LogP contribution is 2.50. The number of nitrogens with one attached hydrogen (secondary N) is 1. The van der Waals surface area contributed by atoms with E-state index in [0.717, 1.165) is 24.6 Å². The fraction of sp³-hybridized carbons (Fsp3) is 0.459. The van der Waals surface area contributed by atoms with Gasteiger partial charge in [-0.3, -0.25) is 18.9 Å². The first-order valence-electron chi connectivity index (χ1n) is 17.7. The number of hydrogen-bond acceptors (Lipinski definition) is 14. The van der Waals surface area contributed by atoms with Crippen molar-refractivity contribution in [2.75, 3.05) is 12.3 Å². The van der Waals surface area contributed by atoms with Gasteiger partial charge in [0.2, 0.25) is 5.60 Å². The van der Waals surface area contributed by atoms with Gasteiger partial charge in [0.05, 0.1) is 24.1 Å². The zero-order valence-corrected chi connectivity index (χ0v) is 31.4. The fourth-order valence-corrected chi connectivity index (χ4v) is 7.57. The lowest BCUT2D eigenvalue weighted by atomic mass is 9.92. The van der Waals surface area contributed by atoms with Crippen LogP contribution in [0.5, 0.6) is 5.75 Å². The van der Waals surface area contributed by atoms with E-state index in [9.17, 15) is 24.2 Å². The number of nitrogen functional groups attached to an aromatic ring is 1. The number of esters is 3. The number of nitriles is 1. The minimum absolute atomic E-state index is 0.0874. The summed E-state index contributed by atoms with van der Waals surface area (Å²) in [7, 11) is -4.54. The van der Waals surface area contributed by atoms with Crippen LogP contribution >= 0.6 is 7.75 Å². The molecule has 286 valence electrons. The zero-order chi connectivity index (χ0) is 38.8. The van der Waals surface area contributed by atoms with Crippen LogP contribution < -0.4 is 15.3 Å². The Morgan fingerprint density at radius 2 is 1.70 bits per heavy atom. The maximum Gasteiger partial charge on any atom is 0.459 e. The highest BCUT2D eigenvalue weighted by molar-refractivity contribution is 7.52. The lowest BCUT2D eigenvalue weighted by molar-refractivity contribution is -0.173. The van der Waals surface area contributed by atoms with Gasteiger partial charge in [-0.2, -0.15) is 15.4 Å². The third-order valence-electron chi connectivity index (χ3n) is 9.29. The highest BCUT2D eigenvalue weighted by atomic mass is 31.2. The van der Waals surface area contributed by atoms with Crippen LogP contribution in [0.2, 0.25) is 0 Å². The van der Waals surface area contributed by atoms with E-state index in [4.69, 9.17) is 33.7 Å². The van der Waals surface area contributed by atoms with E-state index >= 15 is 0 Å². The third-order valence-corrected chi connectivity index (χ3v) is 10.9. The molecule has 54 heavy (non-hydrogen) atoms. The Balaban J connectivity index is 1.40. The van der Waals surface area contributed by atoms with Gasteiger partial charge < -0.3 is 29.2 Å². The Bertz CT molecular complexity index is 2130. The molecule has 0 radical (unpaired) electrons. The normalized spacial score (nSPS) is 23.0. The molecule has 1 aliphatic heterocycles. The number of carbonyl (C=O) groups is 3. The lowest BCUT2D eigenvalue weighted by Crippen LogP contribution is -2.47. The van der Waals surface area contributed by atoms with E-state index in [1.807, 2.05) is 18.2 Å². The number of carbonyl (C=O) groups excluding carboxylic acids is 3. The first kappa shape index (κ1) is 38.6. The summed E-state index contributed by atoms with van der Waals surface area (Å²) in [5.74, 6) is -3.07. The van der Waals surface area contributed by atoms with Gasteiger partial charge in [-0.05, 0) is 49.8 Å². The molecule has 6 rings (SSSR count). The van der Waals surface area contributed by atoms with Crippen molar-refractivity contribution in [3.63, 3.8) is 0 Å². The Labute approximate surface area is 311 Å². The molecule has 17 heteroatoms. The Morgan fingerprint density at radius 3 is 2.39 bits per heavy atom. The summed E-state index contributed by atoms with van der Waals surface area (Å²) in [5.41, 5.74) is 4.35. The summed E-state index contributed by atoms with van der Waals surface area (Å²) in [5, 5.41) is 19.3. The van der Waals surface area contributed by atoms with Crippen molar-refractivity contribution < 1.29 is 46.9 Å². The number of rotatable bonds is 14. The monoisotopic (exact) mass is 762 g/mol. The Morgan fingerprint density at radius 1 is 1.00 bits per heavy atom. The number of ether oxygens (including phenoxy) is 4. The molecule has 0 amide bonds. The van der Waals surface area contributed by atoms with Crippen LogP contribution in [-0.4, -0.2) is 69.6 Å². The van der Waals surface area contributed by atoms with E-state index in [0.29, 0.717) is 10.9 Å². The Hall–Kier alpha value is -5.07. The molecule has 2 aliphatic rings. The zero-order valence-electron chi connectivity index (χ0n) is 30.5. The summed E-state index contributed by atoms with van der Waals surface area (Å²) in [6.45, 7) is 7.25. The second-order valence-corrected chi connectivity index (χ2v) is 15.6. The molecule has 16 nitrogen and oxygen atoms in total. The number of hydrogen-bond donors (Lipinski definition) is 2. The summed E-state index contributed by atoms with van der Waals surface area (Å²) in [6, 6.07) is 16.5. The van der Waals surface area contributed by atoms with Gasteiger partial charge in [-0.15, -0.1) is 0 Å². The van der Waals surface area contributed by atoms with Crippen LogP contribution in [-0.2, 0) is 48.0 Å². The van der Waals surface area contributed by atoms with Gasteiger partial charge in [0, 0.05) is 5.39 Å². The predicted molar refractivity (Wildman–Crippen MR) is 193 cm³/mol. The molecule has 2 aromatic heterocycles. The van der Waals surface area contributed by atoms with Crippen LogP contribution in [0.3, 0.4) is 0 Å². The number of nitrogens with zero attached hydrogens (tertiary/aromatic N) is 4. The van der Waals surface area contributed by atoms with Gasteiger partial charge in [0.1, 0.15) is 41.9 Å². The number of aromatic nitrogens is 3. The molecule has 0 bridgehead atoms. The summed E-state index contributed by atoms with van der Waals surface area (Å²) in [4.78, 5) is 43.6. The molecule has 0 spiro atoms. The topological polar surface area (TPSA) is 216 Å².